The van der Waals surface area contributed by atoms with Crippen LogP contribution in [-0.4, -0.2) is 30.8 Å². The summed E-state index contributed by atoms with van der Waals surface area (Å²) in [4.78, 5) is 4.94. The molecule has 2 atom stereocenters. The summed E-state index contributed by atoms with van der Waals surface area (Å²) in [6, 6.07) is 4.02. The number of rotatable bonds is 2. The Morgan fingerprint density at radius 3 is 3.05 bits per heavy atom. The van der Waals surface area contributed by atoms with Gasteiger partial charge in [-0.15, -0.1) is 10.2 Å². The third-order valence-corrected chi connectivity index (χ3v) is 5.61. The molecule has 0 bridgehead atoms. The van der Waals surface area contributed by atoms with Crippen LogP contribution in [0.1, 0.15) is 31.2 Å². The molecule has 21 heavy (non-hydrogen) atoms. The fraction of sp³-hybridized carbons (Fsp3) is 0.429. The van der Waals surface area contributed by atoms with Crippen LogP contribution in [0.25, 0.3) is 16.3 Å². The van der Waals surface area contributed by atoms with Crippen LogP contribution in [0.2, 0.25) is 0 Å². The number of pyridine rings is 1. The Morgan fingerprint density at radius 1 is 1.43 bits per heavy atom. The summed E-state index contributed by atoms with van der Waals surface area (Å²) in [7, 11) is 0. The molecule has 108 valence electrons. The van der Waals surface area contributed by atoms with Crippen molar-refractivity contribution in [3.63, 3.8) is 0 Å². The molecule has 3 aromatic heterocycles. The summed E-state index contributed by atoms with van der Waals surface area (Å²) >= 11 is 1.59. The van der Waals surface area contributed by atoms with Crippen molar-refractivity contribution < 1.29 is 0 Å². The van der Waals surface area contributed by atoms with Gasteiger partial charge in [0.2, 0.25) is 4.96 Å². The molecule has 6 nitrogen and oxygen atoms in total. The maximum Gasteiger partial charge on any atom is 0.234 e. The zero-order valence-electron chi connectivity index (χ0n) is 11.7. The first-order valence-corrected chi connectivity index (χ1v) is 7.89. The van der Waals surface area contributed by atoms with Crippen LogP contribution in [0, 0.1) is 0 Å². The van der Waals surface area contributed by atoms with Crippen LogP contribution in [0.5, 0.6) is 0 Å². The standard InChI is InChI=1S/C14H16N6S/c1-14(6-2-5-10(14)15)12-19-20-11(17-18-13(20)21-12)9-4-3-7-16-8-9/h3-4,7-8,10H,2,5-6,15H2,1H3. The average molecular weight is 300 g/mol. The van der Waals surface area contributed by atoms with E-state index in [1.54, 1.807) is 23.7 Å². The van der Waals surface area contributed by atoms with Crippen molar-refractivity contribution >= 4 is 16.3 Å². The van der Waals surface area contributed by atoms with Gasteiger partial charge in [0.1, 0.15) is 5.01 Å². The number of hydrogen-bond acceptors (Lipinski definition) is 6. The second kappa shape index (κ2) is 4.57. The molecule has 7 heteroatoms. The highest BCUT2D eigenvalue weighted by Crippen LogP contribution is 2.41. The van der Waals surface area contributed by atoms with Gasteiger partial charge >= 0.3 is 0 Å². The molecule has 2 unspecified atom stereocenters. The third kappa shape index (κ3) is 1.88. The van der Waals surface area contributed by atoms with Gasteiger partial charge in [-0.1, -0.05) is 24.7 Å². The van der Waals surface area contributed by atoms with Crippen molar-refractivity contribution in [2.24, 2.45) is 5.73 Å². The van der Waals surface area contributed by atoms with Crippen LogP contribution in [0.15, 0.2) is 24.5 Å². The lowest BCUT2D eigenvalue weighted by atomic mass is 9.86. The Bertz CT molecular complexity index is 779. The second-order valence-corrected chi connectivity index (χ2v) is 6.74. The molecule has 0 radical (unpaired) electrons. The average Bonchev–Trinajstić information content (AvgIpc) is 3.15. The van der Waals surface area contributed by atoms with Crippen LogP contribution >= 0.6 is 11.3 Å². The molecular weight excluding hydrogens is 284 g/mol. The molecule has 1 fully saturated rings. The number of aromatic nitrogens is 5. The molecular formula is C14H16N6S. The number of fused-ring (bicyclic) bond motifs is 1. The van der Waals surface area contributed by atoms with E-state index in [-0.39, 0.29) is 11.5 Å². The first-order valence-electron chi connectivity index (χ1n) is 7.07. The van der Waals surface area contributed by atoms with Gasteiger partial charge in [-0.25, -0.2) is 0 Å². The normalized spacial score (nSPS) is 25.7. The zero-order valence-corrected chi connectivity index (χ0v) is 12.5. The van der Waals surface area contributed by atoms with E-state index in [9.17, 15) is 0 Å². The van der Waals surface area contributed by atoms with E-state index >= 15 is 0 Å². The molecule has 1 aliphatic carbocycles. The number of hydrogen-bond donors (Lipinski definition) is 1. The highest BCUT2D eigenvalue weighted by atomic mass is 32.1. The fourth-order valence-corrected chi connectivity index (χ4v) is 4.06. The fourth-order valence-electron chi connectivity index (χ4n) is 2.98. The van der Waals surface area contributed by atoms with Crippen LogP contribution in [-0.2, 0) is 5.41 Å². The summed E-state index contributed by atoms with van der Waals surface area (Å²) < 4.78 is 1.81. The minimum Gasteiger partial charge on any atom is -0.327 e. The van der Waals surface area contributed by atoms with E-state index in [0.29, 0.717) is 0 Å². The first kappa shape index (κ1) is 12.8. The van der Waals surface area contributed by atoms with E-state index < -0.39 is 0 Å². The number of nitrogens with two attached hydrogens (primary N) is 1. The lowest BCUT2D eigenvalue weighted by Gasteiger charge is -2.25. The largest absolute Gasteiger partial charge is 0.327 e. The van der Waals surface area contributed by atoms with Crippen LogP contribution in [0.4, 0.5) is 0 Å². The molecule has 2 N–H and O–H groups in total. The Hall–Kier alpha value is -1.86. The minimum atomic E-state index is -0.0441. The van der Waals surface area contributed by atoms with Crippen molar-refractivity contribution in [1.82, 2.24) is 24.8 Å². The minimum absolute atomic E-state index is 0.0441. The van der Waals surface area contributed by atoms with Crippen molar-refractivity contribution in [3.8, 4) is 11.4 Å². The number of nitrogens with zero attached hydrogens (tertiary/aromatic N) is 5. The molecule has 3 aromatic rings. The highest BCUT2D eigenvalue weighted by molar-refractivity contribution is 7.16. The van der Waals surface area contributed by atoms with Crippen molar-refractivity contribution in [2.45, 2.75) is 37.6 Å². The van der Waals surface area contributed by atoms with Crippen LogP contribution in [0.3, 0.4) is 0 Å². The van der Waals surface area contributed by atoms with Gasteiger partial charge in [-0.3, -0.25) is 4.98 Å². The summed E-state index contributed by atoms with van der Waals surface area (Å²) in [6.45, 7) is 2.21. The Morgan fingerprint density at radius 2 is 2.33 bits per heavy atom. The topological polar surface area (TPSA) is 82.0 Å². The van der Waals surface area contributed by atoms with Crippen molar-refractivity contribution in [3.05, 3.63) is 29.5 Å². The molecule has 3 heterocycles. The first-order chi connectivity index (χ1) is 10.2. The van der Waals surface area contributed by atoms with E-state index in [2.05, 4.69) is 22.1 Å². The smallest absolute Gasteiger partial charge is 0.234 e. The molecule has 0 saturated heterocycles. The maximum absolute atomic E-state index is 6.30. The quantitative estimate of drug-likeness (QED) is 0.783. The predicted octanol–water partition coefficient (Wildman–Crippen LogP) is 2.02. The monoisotopic (exact) mass is 300 g/mol. The summed E-state index contributed by atoms with van der Waals surface area (Å²) in [5.74, 6) is 0.732. The summed E-state index contributed by atoms with van der Waals surface area (Å²) in [5, 5.41) is 14.3. The molecule has 0 aromatic carbocycles. The van der Waals surface area contributed by atoms with Crippen LogP contribution < -0.4 is 5.73 Å². The van der Waals surface area contributed by atoms with Crippen molar-refractivity contribution in [1.29, 1.82) is 0 Å². The van der Waals surface area contributed by atoms with E-state index in [1.807, 2.05) is 16.6 Å². The third-order valence-electron chi connectivity index (χ3n) is 4.43. The van der Waals surface area contributed by atoms with E-state index in [0.717, 1.165) is 40.6 Å². The second-order valence-electron chi connectivity index (χ2n) is 5.78. The van der Waals surface area contributed by atoms with Gasteiger partial charge in [0.25, 0.3) is 0 Å². The lowest BCUT2D eigenvalue weighted by molar-refractivity contribution is 0.423. The summed E-state index contributed by atoms with van der Waals surface area (Å²) in [6.07, 6.45) is 6.82. The molecule has 4 rings (SSSR count). The van der Waals surface area contributed by atoms with Gasteiger partial charge in [0.05, 0.1) is 0 Å². The SMILES string of the molecule is CC1(c2nn3c(-c4cccnc4)nnc3s2)CCCC1N. The van der Waals surface area contributed by atoms with Gasteiger partial charge in [0.15, 0.2) is 5.82 Å². The Kier molecular flexibility index (Phi) is 2.80. The van der Waals surface area contributed by atoms with Gasteiger partial charge in [0, 0.05) is 29.4 Å². The molecule has 0 amide bonds. The molecule has 0 aliphatic heterocycles. The lowest BCUT2D eigenvalue weighted by Crippen LogP contribution is -2.38. The Labute approximate surface area is 126 Å². The predicted molar refractivity (Wildman–Crippen MR) is 81.1 cm³/mol. The van der Waals surface area contributed by atoms with E-state index in [4.69, 9.17) is 10.8 Å². The van der Waals surface area contributed by atoms with Gasteiger partial charge < -0.3 is 5.73 Å². The molecule has 1 aliphatic rings. The Balaban J connectivity index is 1.83. The summed E-state index contributed by atoms with van der Waals surface area (Å²) in [5.41, 5.74) is 7.17. The maximum atomic E-state index is 6.30. The van der Waals surface area contributed by atoms with Gasteiger partial charge in [-0.2, -0.15) is 9.61 Å². The highest BCUT2D eigenvalue weighted by Gasteiger charge is 2.41. The molecule has 1 saturated carbocycles. The molecule has 0 spiro atoms. The van der Waals surface area contributed by atoms with Gasteiger partial charge in [-0.05, 0) is 25.0 Å². The van der Waals surface area contributed by atoms with Crippen molar-refractivity contribution in [2.75, 3.05) is 0 Å². The van der Waals surface area contributed by atoms with E-state index in [1.165, 1.54) is 0 Å². The zero-order chi connectivity index (χ0) is 14.4.